The highest BCUT2D eigenvalue weighted by Gasteiger charge is 2.19. The van der Waals surface area contributed by atoms with Crippen molar-refractivity contribution in [3.05, 3.63) is 0 Å². The van der Waals surface area contributed by atoms with E-state index in [1.165, 1.54) is 44.3 Å². The summed E-state index contributed by atoms with van der Waals surface area (Å²) in [5.74, 6) is 1.25. The summed E-state index contributed by atoms with van der Waals surface area (Å²) in [6.45, 7) is 5.81. The highest BCUT2D eigenvalue weighted by Crippen LogP contribution is 2.18. The first-order valence-corrected chi connectivity index (χ1v) is 9.02. The van der Waals surface area contributed by atoms with Crippen LogP contribution in [0.1, 0.15) is 52.4 Å². The Balaban J connectivity index is 2.26. The molecule has 0 radical (unpaired) electrons. The van der Waals surface area contributed by atoms with Gasteiger partial charge >= 0.3 is 0 Å². The van der Waals surface area contributed by atoms with Crippen LogP contribution in [0.25, 0.3) is 0 Å². The van der Waals surface area contributed by atoms with E-state index in [2.05, 4.69) is 37.4 Å². The quantitative estimate of drug-likeness (QED) is 0.729. The van der Waals surface area contributed by atoms with Crippen molar-refractivity contribution in [3.8, 4) is 0 Å². The molecule has 0 aromatic heterocycles. The van der Waals surface area contributed by atoms with E-state index in [0.717, 1.165) is 18.6 Å². The van der Waals surface area contributed by atoms with Gasteiger partial charge in [0.25, 0.3) is 0 Å². The third kappa shape index (κ3) is 5.50. The average Bonchev–Trinajstić information content (AvgIpc) is 2.42. The van der Waals surface area contributed by atoms with Crippen molar-refractivity contribution in [2.24, 2.45) is 0 Å². The van der Waals surface area contributed by atoms with E-state index in [1.54, 1.807) is 0 Å². The first kappa shape index (κ1) is 16.3. The number of rotatable bonds is 8. The van der Waals surface area contributed by atoms with E-state index in [4.69, 9.17) is 0 Å². The monoisotopic (exact) mass is 272 g/mol. The molecular weight excluding hydrogens is 240 g/mol. The van der Waals surface area contributed by atoms with Gasteiger partial charge in [0.2, 0.25) is 0 Å². The Hall–Kier alpha value is 0.270. The van der Waals surface area contributed by atoms with Crippen molar-refractivity contribution in [1.82, 2.24) is 10.2 Å². The minimum Gasteiger partial charge on any atom is -0.312 e. The fourth-order valence-corrected chi connectivity index (χ4v) is 3.72. The van der Waals surface area contributed by atoms with Crippen LogP contribution >= 0.6 is 11.8 Å². The Morgan fingerprint density at radius 3 is 2.50 bits per heavy atom. The van der Waals surface area contributed by atoms with E-state index in [-0.39, 0.29) is 0 Å². The zero-order chi connectivity index (χ0) is 13.4. The molecule has 1 fully saturated rings. The van der Waals surface area contributed by atoms with Gasteiger partial charge in [-0.05, 0) is 39.5 Å². The highest BCUT2D eigenvalue weighted by molar-refractivity contribution is 7.98. The van der Waals surface area contributed by atoms with Gasteiger partial charge in [-0.1, -0.05) is 26.2 Å². The van der Waals surface area contributed by atoms with E-state index < -0.39 is 0 Å². The number of thioether (sulfide) groups is 1. The van der Waals surface area contributed by atoms with Crippen LogP contribution in [0.5, 0.6) is 0 Å². The predicted molar refractivity (Wildman–Crippen MR) is 84.6 cm³/mol. The summed E-state index contributed by atoms with van der Waals surface area (Å²) in [5.41, 5.74) is 0. The summed E-state index contributed by atoms with van der Waals surface area (Å²) in [5, 5.41) is 3.77. The molecule has 3 heteroatoms. The second-order valence-electron chi connectivity index (χ2n) is 5.78. The molecule has 2 unspecified atom stereocenters. The van der Waals surface area contributed by atoms with Crippen molar-refractivity contribution < 1.29 is 0 Å². The van der Waals surface area contributed by atoms with Gasteiger partial charge in [0.1, 0.15) is 0 Å². The minimum absolute atomic E-state index is 0.643. The molecule has 0 amide bonds. The lowest BCUT2D eigenvalue weighted by molar-refractivity contribution is 0.184. The average molecular weight is 273 g/mol. The van der Waals surface area contributed by atoms with Crippen LogP contribution in [0.4, 0.5) is 0 Å². The molecule has 2 atom stereocenters. The van der Waals surface area contributed by atoms with Gasteiger partial charge in [-0.3, -0.25) is 4.90 Å². The Morgan fingerprint density at radius 2 is 1.94 bits per heavy atom. The minimum atomic E-state index is 0.643. The Bertz CT molecular complexity index is 205. The Labute approximate surface area is 118 Å². The van der Waals surface area contributed by atoms with Gasteiger partial charge in [-0.2, -0.15) is 11.8 Å². The van der Waals surface area contributed by atoms with Crippen molar-refractivity contribution in [1.29, 1.82) is 0 Å². The molecule has 0 saturated heterocycles. The number of likely N-dealkylation sites (N-methyl/N-ethyl adjacent to an activating group) is 1. The van der Waals surface area contributed by atoms with Gasteiger partial charge in [-0.25, -0.2) is 0 Å². The van der Waals surface area contributed by atoms with E-state index in [0.29, 0.717) is 6.04 Å². The van der Waals surface area contributed by atoms with Crippen molar-refractivity contribution in [3.63, 3.8) is 0 Å². The molecule has 1 saturated carbocycles. The fourth-order valence-electron chi connectivity index (χ4n) is 2.86. The molecule has 0 aliphatic heterocycles. The zero-order valence-electron chi connectivity index (χ0n) is 12.7. The summed E-state index contributed by atoms with van der Waals surface area (Å²) in [6.07, 6.45) is 10.5. The summed E-state index contributed by atoms with van der Waals surface area (Å²) in [6, 6.07) is 2.16. The van der Waals surface area contributed by atoms with Crippen molar-refractivity contribution in [2.75, 3.05) is 25.6 Å². The number of hydrogen-bond donors (Lipinski definition) is 1. The van der Waals surface area contributed by atoms with Crippen LogP contribution in [0.3, 0.4) is 0 Å². The Kier molecular flexibility index (Phi) is 8.36. The highest BCUT2D eigenvalue weighted by atomic mass is 32.2. The molecule has 1 aliphatic rings. The summed E-state index contributed by atoms with van der Waals surface area (Å²) in [4.78, 5) is 2.56. The van der Waals surface area contributed by atoms with Crippen LogP contribution in [-0.2, 0) is 0 Å². The maximum atomic E-state index is 3.77. The SMILES string of the molecule is CCC(CSC)N(C)C(C)CNC1CCCCC1. The molecule has 0 spiro atoms. The first-order valence-electron chi connectivity index (χ1n) is 7.63. The fraction of sp³-hybridized carbons (Fsp3) is 1.00. The summed E-state index contributed by atoms with van der Waals surface area (Å²) < 4.78 is 0. The lowest BCUT2D eigenvalue weighted by Crippen LogP contribution is -2.47. The molecule has 0 aromatic rings. The number of nitrogens with one attached hydrogen (secondary N) is 1. The third-order valence-electron chi connectivity index (χ3n) is 4.41. The summed E-state index contributed by atoms with van der Waals surface area (Å²) in [7, 11) is 2.29. The molecule has 0 bridgehead atoms. The van der Waals surface area contributed by atoms with Crippen molar-refractivity contribution in [2.45, 2.75) is 70.5 Å². The van der Waals surface area contributed by atoms with Gasteiger partial charge < -0.3 is 5.32 Å². The molecule has 108 valence electrons. The lowest BCUT2D eigenvalue weighted by Gasteiger charge is -2.34. The molecular formula is C15H32N2S. The van der Waals surface area contributed by atoms with Gasteiger partial charge in [0.05, 0.1) is 0 Å². The molecule has 2 nitrogen and oxygen atoms in total. The maximum absolute atomic E-state index is 3.77. The zero-order valence-corrected chi connectivity index (χ0v) is 13.6. The van der Waals surface area contributed by atoms with Gasteiger partial charge in [-0.15, -0.1) is 0 Å². The van der Waals surface area contributed by atoms with Crippen LogP contribution in [0, 0.1) is 0 Å². The van der Waals surface area contributed by atoms with E-state index in [1.807, 2.05) is 11.8 Å². The van der Waals surface area contributed by atoms with Crippen LogP contribution < -0.4 is 5.32 Å². The lowest BCUT2D eigenvalue weighted by atomic mass is 9.95. The third-order valence-corrected chi connectivity index (χ3v) is 5.13. The normalized spacial score (nSPS) is 21.2. The predicted octanol–water partition coefficient (Wildman–Crippen LogP) is 3.37. The van der Waals surface area contributed by atoms with Gasteiger partial charge in [0, 0.05) is 30.4 Å². The van der Waals surface area contributed by atoms with Crippen LogP contribution in [-0.4, -0.2) is 48.6 Å². The van der Waals surface area contributed by atoms with Crippen LogP contribution in [0.15, 0.2) is 0 Å². The van der Waals surface area contributed by atoms with Gasteiger partial charge in [0.15, 0.2) is 0 Å². The molecule has 18 heavy (non-hydrogen) atoms. The molecule has 1 aliphatic carbocycles. The summed E-state index contributed by atoms with van der Waals surface area (Å²) >= 11 is 1.96. The maximum Gasteiger partial charge on any atom is 0.0192 e. The first-order chi connectivity index (χ1) is 8.69. The number of hydrogen-bond acceptors (Lipinski definition) is 3. The largest absolute Gasteiger partial charge is 0.312 e. The second-order valence-corrected chi connectivity index (χ2v) is 6.69. The smallest absolute Gasteiger partial charge is 0.0192 e. The topological polar surface area (TPSA) is 15.3 Å². The van der Waals surface area contributed by atoms with Crippen molar-refractivity contribution >= 4 is 11.8 Å². The van der Waals surface area contributed by atoms with E-state index >= 15 is 0 Å². The molecule has 1 rings (SSSR count). The second kappa shape index (κ2) is 9.22. The van der Waals surface area contributed by atoms with Crippen LogP contribution in [0.2, 0.25) is 0 Å². The standard InChI is InChI=1S/C15H32N2S/c1-5-15(12-18-4)17(3)13(2)11-16-14-9-7-6-8-10-14/h13-16H,5-12H2,1-4H3. The molecule has 0 aromatic carbocycles. The molecule has 1 N–H and O–H groups in total. The van der Waals surface area contributed by atoms with E-state index in [9.17, 15) is 0 Å². The molecule has 0 heterocycles. The number of nitrogens with zero attached hydrogens (tertiary/aromatic N) is 1. The Morgan fingerprint density at radius 1 is 1.28 bits per heavy atom.